The lowest BCUT2D eigenvalue weighted by atomic mass is 9.20. The minimum absolute atomic E-state index is 0.439. The molecule has 2 saturated heterocycles. The quantitative estimate of drug-likeness (QED) is 0.234. The second-order valence-electron chi connectivity index (χ2n) is 34.5. The summed E-state index contributed by atoms with van der Waals surface area (Å²) in [5.74, 6) is 23.4. The van der Waals surface area contributed by atoms with Crippen LogP contribution in [0.25, 0.3) is 0 Å². The average molecular weight is 1050 g/mol. The van der Waals surface area contributed by atoms with Crippen molar-refractivity contribution in [1.29, 1.82) is 0 Å². The zero-order valence-corrected chi connectivity index (χ0v) is 51.0. The molecule has 0 aromatic rings. The molecular formula is C73H120BNS. The highest BCUT2D eigenvalue weighted by Gasteiger charge is 2.67. The summed E-state index contributed by atoms with van der Waals surface area (Å²) in [6.45, 7) is 9.02. The number of hydrogen-bond donors (Lipinski definition) is 0. The molecule has 0 spiro atoms. The Labute approximate surface area is 475 Å². The van der Waals surface area contributed by atoms with Crippen molar-refractivity contribution in [3.8, 4) is 0 Å². The maximum atomic E-state index is 3.89. The summed E-state index contributed by atoms with van der Waals surface area (Å²) in [6.07, 6.45) is 67.2. The fraction of sp³-hybridized carbons (Fsp3) is 1.00. The molecule has 15 rings (SSSR count). The van der Waals surface area contributed by atoms with Crippen LogP contribution < -0.4 is 0 Å². The molecule has 426 valence electrons. The summed E-state index contributed by atoms with van der Waals surface area (Å²) >= 11 is 2.73. The molecular weight excluding hydrogens is 934 g/mol. The third kappa shape index (κ3) is 9.87. The number of fused-ring (bicyclic) bond motifs is 6. The summed E-state index contributed by atoms with van der Waals surface area (Å²) < 4.78 is 0. The van der Waals surface area contributed by atoms with Crippen molar-refractivity contribution < 1.29 is 0 Å². The summed E-state index contributed by atoms with van der Waals surface area (Å²) in [5.41, 5.74) is 0.439. The van der Waals surface area contributed by atoms with Gasteiger partial charge in [0.2, 0.25) is 0 Å². The highest BCUT2D eigenvalue weighted by atomic mass is 32.2. The van der Waals surface area contributed by atoms with E-state index in [2.05, 4.69) is 37.4 Å². The van der Waals surface area contributed by atoms with Gasteiger partial charge in [0.15, 0.2) is 6.71 Å². The standard InChI is InChI=1S/C73H120BNS/c1-73(2,3)45-46-37-66-71-68(38-46)76-67-36-34-52(47-19-8-4-9-20-47)43-64(67)74(71)63-35-33-53(55-39-54-29-18-31-58-57-30-16-27-51-28-17-32-59(69(51)57)62(42-55)70(54)58)44-65(63)75(66)72-60(49-23-12-6-13-24-49)40-56(48-21-10-5-11-22-48)41-61(72)50-25-14-7-15-26-50/h46-72H,4-45H2,1-3H3/t46?,51-,52?,53?,54+,55-,56?,57?,58?,59-,60?,61?,62?,63?,64+,65+,66?,67?,68?,69?,70?,71-,72?/m0/s1. The largest absolute Gasteiger partial charge is 0.295 e. The zero-order chi connectivity index (χ0) is 50.6. The molecule has 2 heterocycles. The molecule has 1 nitrogen and oxygen atoms in total. The molecule has 21 atom stereocenters. The van der Waals surface area contributed by atoms with Gasteiger partial charge in [-0.3, -0.25) is 4.90 Å². The van der Waals surface area contributed by atoms with Crippen molar-refractivity contribution in [2.24, 2.45) is 118 Å². The van der Waals surface area contributed by atoms with E-state index in [0.29, 0.717) is 5.41 Å². The second-order valence-corrected chi connectivity index (χ2v) is 36.0. The molecule has 15 fully saturated rings. The topological polar surface area (TPSA) is 3.24 Å². The lowest BCUT2D eigenvalue weighted by Crippen LogP contribution is -2.72. The molecule has 0 radical (unpaired) electrons. The maximum absolute atomic E-state index is 3.89. The van der Waals surface area contributed by atoms with E-state index in [9.17, 15) is 0 Å². The van der Waals surface area contributed by atoms with Crippen LogP contribution >= 0.6 is 11.8 Å². The third-order valence-electron chi connectivity index (χ3n) is 30.1. The summed E-state index contributed by atoms with van der Waals surface area (Å²) in [5, 5.41) is 1.94. The molecule has 13 saturated carbocycles. The van der Waals surface area contributed by atoms with Gasteiger partial charge in [-0.15, -0.1) is 0 Å². The van der Waals surface area contributed by atoms with Gasteiger partial charge in [-0.25, -0.2) is 0 Å². The van der Waals surface area contributed by atoms with Crippen molar-refractivity contribution in [2.75, 3.05) is 0 Å². The predicted molar refractivity (Wildman–Crippen MR) is 325 cm³/mol. The normalized spacial score (nSPS) is 50.9. The Kier molecular flexibility index (Phi) is 15.7. The van der Waals surface area contributed by atoms with E-state index in [1.165, 1.54) is 19.3 Å². The Morgan fingerprint density at radius 1 is 0.342 bits per heavy atom. The van der Waals surface area contributed by atoms with Crippen LogP contribution in [0.3, 0.4) is 0 Å². The fourth-order valence-electron chi connectivity index (χ4n) is 28.1. The van der Waals surface area contributed by atoms with Crippen molar-refractivity contribution in [3.05, 3.63) is 0 Å². The van der Waals surface area contributed by atoms with Crippen LogP contribution in [0.1, 0.15) is 290 Å². The molecule has 0 aromatic carbocycles. The number of hydrogen-bond acceptors (Lipinski definition) is 2. The van der Waals surface area contributed by atoms with Gasteiger partial charge in [0.05, 0.1) is 0 Å². The van der Waals surface area contributed by atoms with Gasteiger partial charge in [0, 0.05) is 28.6 Å². The summed E-state index contributed by atoms with van der Waals surface area (Å²) in [4.78, 5) is 3.89. The van der Waals surface area contributed by atoms with Crippen molar-refractivity contribution in [2.45, 2.75) is 337 Å². The number of rotatable bonds is 7. The maximum Gasteiger partial charge on any atom is 0.155 e. The molecule has 2 aliphatic heterocycles. The predicted octanol–water partition coefficient (Wildman–Crippen LogP) is 20.8. The minimum Gasteiger partial charge on any atom is -0.295 e. The van der Waals surface area contributed by atoms with Crippen molar-refractivity contribution in [3.63, 3.8) is 0 Å². The lowest BCUT2D eigenvalue weighted by molar-refractivity contribution is -0.153. The van der Waals surface area contributed by atoms with E-state index in [1.807, 2.05) is 0 Å². The van der Waals surface area contributed by atoms with Crippen molar-refractivity contribution >= 4 is 18.5 Å². The molecule has 0 bridgehead atoms. The molecule has 3 heteroatoms. The molecule has 15 aliphatic rings. The van der Waals surface area contributed by atoms with Gasteiger partial charge >= 0.3 is 0 Å². The van der Waals surface area contributed by atoms with E-state index in [4.69, 9.17) is 0 Å². The fourth-order valence-corrected chi connectivity index (χ4v) is 30.2. The highest BCUT2D eigenvalue weighted by Crippen LogP contribution is 2.70. The zero-order valence-electron chi connectivity index (χ0n) is 50.2. The van der Waals surface area contributed by atoms with Crippen LogP contribution in [0.5, 0.6) is 0 Å². The molecule has 13 aliphatic carbocycles. The van der Waals surface area contributed by atoms with Crippen LogP contribution in [0.4, 0.5) is 0 Å². The Hall–Kier alpha value is 0.375. The van der Waals surface area contributed by atoms with Gasteiger partial charge < -0.3 is 0 Å². The lowest BCUT2D eigenvalue weighted by Gasteiger charge is -2.69. The number of nitrogens with zero attached hydrogens (tertiary/aromatic N) is 1. The van der Waals surface area contributed by atoms with E-state index < -0.39 is 0 Å². The Morgan fingerprint density at radius 3 is 1.46 bits per heavy atom. The van der Waals surface area contributed by atoms with E-state index in [1.54, 1.807) is 250 Å². The first-order valence-corrected chi connectivity index (χ1v) is 37.7. The minimum atomic E-state index is 0.439. The van der Waals surface area contributed by atoms with E-state index >= 15 is 0 Å². The van der Waals surface area contributed by atoms with Crippen molar-refractivity contribution in [1.82, 2.24) is 4.90 Å². The van der Waals surface area contributed by atoms with Crippen LogP contribution in [0.15, 0.2) is 0 Å². The van der Waals surface area contributed by atoms with Gasteiger partial charge in [-0.2, -0.15) is 11.8 Å². The third-order valence-corrected chi connectivity index (χ3v) is 31.9. The number of thioether (sulfide) groups is 1. The first kappa shape index (κ1) is 53.1. The Morgan fingerprint density at radius 2 is 0.842 bits per heavy atom. The summed E-state index contributed by atoms with van der Waals surface area (Å²) in [6, 6.07) is 2.72. The molecule has 76 heavy (non-hydrogen) atoms. The molecule has 0 N–H and O–H groups in total. The average Bonchev–Trinajstić information content (AvgIpc) is 3.66. The van der Waals surface area contributed by atoms with Crippen LogP contribution in [-0.2, 0) is 0 Å². The molecule has 14 unspecified atom stereocenters. The van der Waals surface area contributed by atoms with Gasteiger partial charge in [0.1, 0.15) is 0 Å². The molecule has 0 aromatic heterocycles. The summed E-state index contributed by atoms with van der Waals surface area (Å²) in [7, 11) is 0. The van der Waals surface area contributed by atoms with E-state index in [-0.39, 0.29) is 0 Å². The monoisotopic (exact) mass is 1050 g/mol. The smallest absolute Gasteiger partial charge is 0.155 e. The Balaban J connectivity index is 0.837. The first-order chi connectivity index (χ1) is 37.3. The van der Waals surface area contributed by atoms with E-state index in [0.717, 1.165) is 165 Å². The van der Waals surface area contributed by atoms with Gasteiger partial charge in [-0.1, -0.05) is 207 Å². The first-order valence-electron chi connectivity index (χ1n) is 36.7. The second kappa shape index (κ2) is 22.4. The van der Waals surface area contributed by atoms with Crippen LogP contribution in [0, 0.1) is 118 Å². The molecule has 0 amide bonds. The van der Waals surface area contributed by atoms with Gasteiger partial charge in [-0.05, 0) is 219 Å². The Bertz CT molecular complexity index is 1890. The SMILES string of the molecule is CC(C)(C)CC1CC2SC3CCC(C4CCCCC4)C[C@H]3B3C4CCC([C@@H]5CC6C7C(CCC[C@@H]7C5)C5CCC[C@H]7CCC[C@@H]6C57)C[C@H]4N(C4C(C5CCCCC5)CC(C5CCCCC5)CC4C4CCCCC4)C(C1)[C@H]32. The highest BCUT2D eigenvalue weighted by molar-refractivity contribution is 8.00. The van der Waals surface area contributed by atoms with Crippen LogP contribution in [-0.4, -0.2) is 40.2 Å². The van der Waals surface area contributed by atoms with Gasteiger partial charge in [0.25, 0.3) is 0 Å². The van der Waals surface area contributed by atoms with Crippen LogP contribution in [0.2, 0.25) is 17.5 Å².